The second-order valence-electron chi connectivity index (χ2n) is 9.30. The number of aliphatic hydroxyl groups is 1. The number of carbonyl (C=O) groups is 1. The average Bonchev–Trinajstić information content (AvgIpc) is 3.41. The van der Waals surface area contributed by atoms with Gasteiger partial charge in [-0.15, -0.1) is 11.3 Å². The SMILES string of the molecule is C.C.Cc1csc2nc(-c3ccc(C[C@@H](CC(C)O)NC(=O)c4ccc(OC(C)C)c(C#N)c4)cc3)cn12. The Bertz CT molecular complexity index is 1400. The van der Waals surface area contributed by atoms with E-state index in [9.17, 15) is 15.2 Å². The third kappa shape index (κ3) is 7.21. The number of ether oxygens (including phenoxy) is 1. The predicted octanol–water partition coefficient (Wildman–Crippen LogP) is 6.41. The van der Waals surface area contributed by atoms with Crippen LogP contribution in [0.5, 0.6) is 5.75 Å². The summed E-state index contributed by atoms with van der Waals surface area (Å²) in [7, 11) is 0. The number of fused-ring (bicyclic) bond motifs is 1. The summed E-state index contributed by atoms with van der Waals surface area (Å²) in [4.78, 5) is 18.7. The van der Waals surface area contributed by atoms with Crippen LogP contribution in [0.25, 0.3) is 16.2 Å². The maximum absolute atomic E-state index is 13.0. The standard InChI is InChI=1S/C28H30N4O3S.2CH4/c1-17(2)35-26-10-9-22(13-23(26)14-29)27(34)30-24(11-19(4)33)12-20-5-7-21(8-6-20)25-15-32-18(3)16-36-28(32)31-25;;/h5-10,13,15-17,19,24,33H,11-12H2,1-4H3,(H,30,34);2*1H4/t19?,24-;;/m1../s1. The predicted molar refractivity (Wildman–Crippen MR) is 155 cm³/mol. The molecule has 0 spiro atoms. The van der Waals surface area contributed by atoms with Gasteiger partial charge in [0, 0.05) is 34.4 Å². The molecule has 0 saturated carbocycles. The molecule has 0 aliphatic carbocycles. The van der Waals surface area contributed by atoms with Crippen molar-refractivity contribution in [2.75, 3.05) is 0 Å². The van der Waals surface area contributed by atoms with E-state index in [2.05, 4.69) is 28.1 Å². The Kier molecular flexibility index (Phi) is 10.6. The van der Waals surface area contributed by atoms with Crippen molar-refractivity contribution >= 4 is 22.2 Å². The van der Waals surface area contributed by atoms with E-state index < -0.39 is 6.10 Å². The van der Waals surface area contributed by atoms with E-state index in [4.69, 9.17) is 9.72 Å². The number of aryl methyl sites for hydroxylation is 1. The molecule has 2 heterocycles. The molecule has 4 aromatic rings. The Labute approximate surface area is 229 Å². The molecule has 2 aromatic heterocycles. The van der Waals surface area contributed by atoms with Gasteiger partial charge in [0.25, 0.3) is 5.91 Å². The van der Waals surface area contributed by atoms with Crippen LogP contribution >= 0.6 is 11.3 Å². The first-order chi connectivity index (χ1) is 17.2. The lowest BCUT2D eigenvalue weighted by Gasteiger charge is -2.21. The third-order valence-corrected chi connectivity index (χ3v) is 6.76. The maximum Gasteiger partial charge on any atom is 0.251 e. The zero-order chi connectivity index (χ0) is 25.8. The number of nitrogens with zero attached hydrogens (tertiary/aromatic N) is 3. The van der Waals surface area contributed by atoms with Crippen LogP contribution < -0.4 is 10.1 Å². The molecule has 0 fully saturated rings. The fourth-order valence-electron chi connectivity index (χ4n) is 4.12. The maximum atomic E-state index is 13.0. The van der Waals surface area contributed by atoms with Crippen molar-refractivity contribution in [3.63, 3.8) is 0 Å². The molecule has 2 N–H and O–H groups in total. The molecular formula is C30H38N4O3S. The smallest absolute Gasteiger partial charge is 0.251 e. The van der Waals surface area contributed by atoms with E-state index in [1.165, 1.54) is 0 Å². The van der Waals surface area contributed by atoms with Gasteiger partial charge in [-0.05, 0) is 64.3 Å². The molecule has 0 bridgehead atoms. The fraction of sp³-hybridized carbons (Fsp3) is 0.367. The van der Waals surface area contributed by atoms with Crippen molar-refractivity contribution in [3.05, 3.63) is 76.4 Å². The highest BCUT2D eigenvalue weighted by Gasteiger charge is 2.18. The summed E-state index contributed by atoms with van der Waals surface area (Å²) < 4.78 is 7.74. The number of carbonyl (C=O) groups excluding carboxylic acids is 1. The normalized spacial score (nSPS) is 12.2. The molecule has 38 heavy (non-hydrogen) atoms. The van der Waals surface area contributed by atoms with Gasteiger partial charge >= 0.3 is 0 Å². The number of nitriles is 1. The molecule has 0 aliphatic rings. The lowest BCUT2D eigenvalue weighted by Crippen LogP contribution is -2.38. The van der Waals surface area contributed by atoms with Gasteiger partial charge in [-0.25, -0.2) is 4.98 Å². The lowest BCUT2D eigenvalue weighted by molar-refractivity contribution is 0.0917. The Morgan fingerprint density at radius 1 is 1.18 bits per heavy atom. The van der Waals surface area contributed by atoms with Gasteiger partial charge < -0.3 is 15.2 Å². The molecular weight excluding hydrogens is 496 g/mol. The summed E-state index contributed by atoms with van der Waals surface area (Å²) in [5.74, 6) is 0.163. The molecule has 7 nitrogen and oxygen atoms in total. The van der Waals surface area contributed by atoms with Crippen molar-refractivity contribution in [1.29, 1.82) is 5.26 Å². The van der Waals surface area contributed by atoms with Gasteiger partial charge in [0.15, 0.2) is 4.96 Å². The van der Waals surface area contributed by atoms with Crippen LogP contribution in [0, 0.1) is 18.3 Å². The van der Waals surface area contributed by atoms with E-state index >= 15 is 0 Å². The summed E-state index contributed by atoms with van der Waals surface area (Å²) in [5, 5.41) is 24.6. The van der Waals surface area contributed by atoms with Crippen molar-refractivity contribution in [3.8, 4) is 23.1 Å². The van der Waals surface area contributed by atoms with Crippen LogP contribution in [0.4, 0.5) is 0 Å². The second kappa shape index (κ2) is 13.2. The molecule has 0 aliphatic heterocycles. The van der Waals surface area contributed by atoms with Crippen molar-refractivity contribution in [1.82, 2.24) is 14.7 Å². The Morgan fingerprint density at radius 3 is 2.50 bits per heavy atom. The largest absolute Gasteiger partial charge is 0.490 e. The first-order valence-corrected chi connectivity index (χ1v) is 12.8. The number of hydrogen-bond acceptors (Lipinski definition) is 6. The molecule has 8 heteroatoms. The van der Waals surface area contributed by atoms with Crippen molar-refractivity contribution in [2.45, 2.75) is 73.6 Å². The fourth-order valence-corrected chi connectivity index (χ4v) is 4.97. The first kappa shape index (κ1) is 30.6. The first-order valence-electron chi connectivity index (χ1n) is 12.0. The zero-order valence-corrected chi connectivity index (χ0v) is 21.7. The quantitative estimate of drug-likeness (QED) is 0.258. The Morgan fingerprint density at radius 2 is 1.89 bits per heavy atom. The molecule has 1 amide bonds. The van der Waals surface area contributed by atoms with Gasteiger partial charge in [-0.3, -0.25) is 9.20 Å². The van der Waals surface area contributed by atoms with Crippen LogP contribution in [0.15, 0.2) is 54.0 Å². The van der Waals surface area contributed by atoms with Crippen molar-refractivity contribution < 1.29 is 14.6 Å². The topological polar surface area (TPSA) is 99.7 Å². The van der Waals surface area contributed by atoms with Crippen LogP contribution in [0.1, 0.15) is 69.2 Å². The minimum absolute atomic E-state index is 0. The van der Waals surface area contributed by atoms with E-state index in [0.29, 0.717) is 29.7 Å². The number of amides is 1. The highest BCUT2D eigenvalue weighted by atomic mass is 32.1. The van der Waals surface area contributed by atoms with Crippen LogP contribution in [-0.4, -0.2) is 38.6 Å². The molecule has 202 valence electrons. The Hall–Kier alpha value is -3.67. The Balaban J connectivity index is 0.00000253. The molecule has 0 saturated heterocycles. The number of rotatable bonds is 9. The van der Waals surface area contributed by atoms with Gasteiger partial charge in [-0.1, -0.05) is 39.1 Å². The van der Waals surface area contributed by atoms with Crippen LogP contribution in [0.3, 0.4) is 0 Å². The number of nitrogens with one attached hydrogen (secondary N) is 1. The van der Waals surface area contributed by atoms with E-state index in [1.807, 2.05) is 44.3 Å². The highest BCUT2D eigenvalue weighted by molar-refractivity contribution is 7.15. The summed E-state index contributed by atoms with van der Waals surface area (Å²) >= 11 is 1.62. The van der Waals surface area contributed by atoms with E-state index in [0.717, 1.165) is 27.5 Å². The summed E-state index contributed by atoms with van der Waals surface area (Å²) in [6.07, 6.45) is 2.36. The number of imidazole rings is 1. The average molecular weight is 535 g/mol. The number of aliphatic hydroxyl groups excluding tert-OH is 1. The van der Waals surface area contributed by atoms with E-state index in [-0.39, 0.29) is 32.9 Å². The van der Waals surface area contributed by atoms with Gasteiger partial charge in [-0.2, -0.15) is 5.26 Å². The van der Waals surface area contributed by atoms with Gasteiger partial charge in [0.2, 0.25) is 0 Å². The number of thiazole rings is 1. The monoisotopic (exact) mass is 534 g/mol. The zero-order valence-electron chi connectivity index (χ0n) is 20.9. The molecule has 0 radical (unpaired) electrons. The number of aromatic nitrogens is 2. The number of benzene rings is 2. The van der Waals surface area contributed by atoms with Crippen LogP contribution in [0.2, 0.25) is 0 Å². The minimum Gasteiger partial charge on any atom is -0.490 e. The van der Waals surface area contributed by atoms with Crippen molar-refractivity contribution in [2.24, 2.45) is 0 Å². The summed E-state index contributed by atoms with van der Waals surface area (Å²) in [6, 6.07) is 14.8. The molecule has 2 atom stereocenters. The third-order valence-electron chi connectivity index (χ3n) is 5.81. The molecule has 1 unspecified atom stereocenters. The lowest BCUT2D eigenvalue weighted by atomic mass is 9.99. The van der Waals surface area contributed by atoms with E-state index in [1.54, 1.807) is 36.5 Å². The second-order valence-corrected chi connectivity index (χ2v) is 10.1. The van der Waals surface area contributed by atoms with Gasteiger partial charge in [0.1, 0.15) is 11.8 Å². The minimum atomic E-state index is -0.576. The number of hydrogen-bond donors (Lipinski definition) is 2. The molecule has 2 aromatic carbocycles. The highest BCUT2D eigenvalue weighted by Crippen LogP contribution is 2.25. The van der Waals surface area contributed by atoms with Gasteiger partial charge in [0.05, 0.1) is 23.5 Å². The summed E-state index contributed by atoms with van der Waals surface area (Å²) in [5.41, 5.74) is 4.84. The molecule has 4 rings (SSSR count). The summed E-state index contributed by atoms with van der Waals surface area (Å²) in [6.45, 7) is 7.53. The van der Waals surface area contributed by atoms with Crippen LogP contribution in [-0.2, 0) is 6.42 Å².